The van der Waals surface area contributed by atoms with Gasteiger partial charge in [-0.2, -0.15) is 5.26 Å². The molecule has 24 heavy (non-hydrogen) atoms. The first-order chi connectivity index (χ1) is 11.4. The van der Waals surface area contributed by atoms with Crippen LogP contribution in [0.5, 0.6) is 0 Å². The number of hydrogen-bond acceptors (Lipinski definition) is 3. The van der Waals surface area contributed by atoms with Gasteiger partial charge in [0, 0.05) is 22.2 Å². The van der Waals surface area contributed by atoms with Gasteiger partial charge >= 0.3 is 0 Å². The smallest absolute Gasteiger partial charge is 0.216 e. The molecule has 0 saturated carbocycles. The normalized spacial score (nSPS) is 12.3. The molecule has 120 valence electrons. The number of rotatable bonds is 3. The topological polar surface area (TPSA) is 73.7 Å². The molecule has 0 aliphatic rings. The number of halogens is 1. The fraction of sp³-hybridized carbons (Fsp3) is 0.0556. The number of para-hydroxylation sites is 1. The van der Waals surface area contributed by atoms with Crippen molar-refractivity contribution in [3.05, 3.63) is 70.5 Å². The fourth-order valence-corrected chi connectivity index (χ4v) is 3.67. The predicted molar refractivity (Wildman–Crippen MR) is 90.2 cm³/mol. The lowest BCUT2D eigenvalue weighted by atomic mass is 10.1. The Bertz CT molecular complexity index is 1090. The van der Waals surface area contributed by atoms with E-state index >= 15 is 0 Å². The molecule has 0 spiro atoms. The van der Waals surface area contributed by atoms with Crippen molar-refractivity contribution < 1.29 is 12.8 Å². The van der Waals surface area contributed by atoms with E-state index in [2.05, 4.69) is 4.98 Å². The summed E-state index contributed by atoms with van der Waals surface area (Å²) in [4.78, 5) is 2.65. The van der Waals surface area contributed by atoms with Gasteiger partial charge in [0.25, 0.3) is 0 Å². The summed E-state index contributed by atoms with van der Waals surface area (Å²) in [5.74, 6) is -0.538. The van der Waals surface area contributed by atoms with Crippen molar-refractivity contribution in [2.45, 2.75) is 11.8 Å². The lowest BCUT2D eigenvalue weighted by Crippen LogP contribution is -2.03. The van der Waals surface area contributed by atoms with Gasteiger partial charge in [0.05, 0.1) is 4.90 Å². The first-order valence-corrected chi connectivity index (χ1v) is 8.61. The van der Waals surface area contributed by atoms with Gasteiger partial charge in [-0.3, -0.25) is 0 Å². The van der Waals surface area contributed by atoms with Crippen LogP contribution in [-0.2, 0) is 9.84 Å². The van der Waals surface area contributed by atoms with E-state index in [4.69, 9.17) is 0 Å². The number of nitrogens with one attached hydrogen (secondary N) is 1. The summed E-state index contributed by atoms with van der Waals surface area (Å²) in [6.45, 7) is 1.81. The van der Waals surface area contributed by atoms with Crippen LogP contribution in [0, 0.1) is 24.1 Å². The van der Waals surface area contributed by atoms with Gasteiger partial charge in [-0.05, 0) is 43.3 Å². The average Bonchev–Trinajstić information content (AvgIpc) is 2.88. The summed E-state index contributed by atoms with van der Waals surface area (Å²) < 4.78 is 38.3. The van der Waals surface area contributed by atoms with E-state index in [0.29, 0.717) is 5.56 Å². The Balaban J connectivity index is 2.17. The molecule has 0 unspecified atom stereocenters. The minimum atomic E-state index is -4.01. The summed E-state index contributed by atoms with van der Waals surface area (Å²) in [7, 11) is -4.01. The number of benzene rings is 2. The zero-order valence-corrected chi connectivity index (χ0v) is 13.6. The Hall–Kier alpha value is -2.91. The largest absolute Gasteiger partial charge is 0.358 e. The van der Waals surface area contributed by atoms with Crippen LogP contribution in [0.2, 0.25) is 0 Å². The molecule has 0 aliphatic heterocycles. The zero-order valence-electron chi connectivity index (χ0n) is 12.7. The molecule has 0 saturated heterocycles. The molecule has 4 nitrogen and oxygen atoms in total. The fourth-order valence-electron chi connectivity index (χ4n) is 2.53. The molecular formula is C18H13FN2O2S. The summed E-state index contributed by atoms with van der Waals surface area (Å²) in [5, 5.41) is 10.2. The van der Waals surface area contributed by atoms with Gasteiger partial charge in [-0.1, -0.05) is 18.2 Å². The van der Waals surface area contributed by atoms with E-state index < -0.39 is 15.7 Å². The first-order valence-electron chi connectivity index (χ1n) is 7.13. The summed E-state index contributed by atoms with van der Waals surface area (Å²) in [6, 6.07) is 13.6. The Morgan fingerprint density at radius 1 is 1.17 bits per heavy atom. The Kier molecular flexibility index (Phi) is 3.96. The SMILES string of the molecule is Cc1[nH]c2ccccc2c1/C=C(\C#N)S(=O)(=O)c1ccc(F)cc1. The highest BCUT2D eigenvalue weighted by Crippen LogP contribution is 2.27. The van der Waals surface area contributed by atoms with Crippen LogP contribution < -0.4 is 0 Å². The van der Waals surface area contributed by atoms with Crippen LogP contribution in [0.4, 0.5) is 4.39 Å². The first kappa shape index (κ1) is 16.0. The molecular weight excluding hydrogens is 327 g/mol. The van der Waals surface area contributed by atoms with Gasteiger partial charge in [0.1, 0.15) is 16.8 Å². The van der Waals surface area contributed by atoms with Crippen molar-refractivity contribution >= 4 is 26.8 Å². The maximum atomic E-state index is 13.0. The second-order valence-electron chi connectivity index (χ2n) is 5.29. The van der Waals surface area contributed by atoms with Gasteiger partial charge in [0.2, 0.25) is 9.84 Å². The van der Waals surface area contributed by atoms with Gasteiger partial charge in [0.15, 0.2) is 0 Å². The number of aryl methyl sites for hydroxylation is 1. The van der Waals surface area contributed by atoms with Gasteiger partial charge in [-0.15, -0.1) is 0 Å². The Morgan fingerprint density at radius 2 is 1.83 bits per heavy atom. The maximum absolute atomic E-state index is 13.0. The predicted octanol–water partition coefficient (Wildman–Crippen LogP) is 3.95. The highest BCUT2D eigenvalue weighted by atomic mass is 32.2. The number of sulfone groups is 1. The number of aromatic nitrogens is 1. The van der Waals surface area contributed by atoms with Crippen LogP contribution in [0.3, 0.4) is 0 Å². The van der Waals surface area contributed by atoms with Crippen LogP contribution in [0.1, 0.15) is 11.3 Å². The van der Waals surface area contributed by atoms with Gasteiger partial charge in [-0.25, -0.2) is 12.8 Å². The molecule has 0 atom stereocenters. The number of aromatic amines is 1. The van der Waals surface area contributed by atoms with Crippen LogP contribution >= 0.6 is 0 Å². The molecule has 2 aromatic carbocycles. The van der Waals surface area contributed by atoms with E-state index in [9.17, 15) is 18.1 Å². The lowest BCUT2D eigenvalue weighted by Gasteiger charge is -2.03. The number of nitriles is 1. The van der Waals surface area contributed by atoms with Crippen molar-refractivity contribution in [1.29, 1.82) is 5.26 Å². The van der Waals surface area contributed by atoms with Crippen molar-refractivity contribution in [1.82, 2.24) is 4.98 Å². The third kappa shape index (κ3) is 2.70. The van der Waals surface area contributed by atoms with Crippen molar-refractivity contribution in [2.24, 2.45) is 0 Å². The average molecular weight is 340 g/mol. The van der Waals surface area contributed by atoms with E-state index in [1.165, 1.54) is 6.08 Å². The van der Waals surface area contributed by atoms with E-state index in [-0.39, 0.29) is 9.80 Å². The molecule has 0 radical (unpaired) electrons. The van der Waals surface area contributed by atoms with E-state index in [1.54, 1.807) is 6.07 Å². The van der Waals surface area contributed by atoms with Crippen molar-refractivity contribution in [2.75, 3.05) is 0 Å². The summed E-state index contributed by atoms with van der Waals surface area (Å²) >= 11 is 0. The molecule has 0 aliphatic carbocycles. The molecule has 0 amide bonds. The minimum Gasteiger partial charge on any atom is -0.358 e. The molecule has 1 aromatic heterocycles. The molecule has 3 aromatic rings. The van der Waals surface area contributed by atoms with Crippen molar-refractivity contribution in [3.8, 4) is 6.07 Å². The second kappa shape index (κ2) is 5.95. The third-order valence-electron chi connectivity index (χ3n) is 3.74. The quantitative estimate of drug-likeness (QED) is 0.579. The number of hydrogen-bond donors (Lipinski definition) is 1. The van der Waals surface area contributed by atoms with Crippen LogP contribution in [-0.4, -0.2) is 13.4 Å². The highest BCUT2D eigenvalue weighted by Gasteiger charge is 2.22. The van der Waals surface area contributed by atoms with E-state index in [0.717, 1.165) is 40.9 Å². The highest BCUT2D eigenvalue weighted by molar-refractivity contribution is 7.95. The maximum Gasteiger partial charge on any atom is 0.216 e. The molecule has 6 heteroatoms. The number of nitrogens with zero attached hydrogens (tertiary/aromatic N) is 1. The standard InChI is InChI=1S/C18H13FN2O2S/c1-12-17(16-4-2-3-5-18(16)21-12)10-15(11-20)24(22,23)14-8-6-13(19)7-9-14/h2-10,21H,1H3/b15-10+. The second-order valence-corrected chi connectivity index (χ2v) is 7.21. The molecule has 3 rings (SSSR count). The molecule has 1 N–H and O–H groups in total. The van der Waals surface area contributed by atoms with Crippen molar-refractivity contribution in [3.63, 3.8) is 0 Å². The van der Waals surface area contributed by atoms with Gasteiger partial charge < -0.3 is 4.98 Å². The molecule has 1 heterocycles. The number of fused-ring (bicyclic) bond motifs is 1. The molecule has 0 bridgehead atoms. The third-order valence-corrected chi connectivity index (χ3v) is 5.42. The Labute approximate surface area is 138 Å². The monoisotopic (exact) mass is 340 g/mol. The zero-order chi connectivity index (χ0) is 17.3. The van der Waals surface area contributed by atoms with Crippen LogP contribution in [0.25, 0.3) is 17.0 Å². The lowest BCUT2D eigenvalue weighted by molar-refractivity contribution is 0.601. The number of allylic oxidation sites excluding steroid dienone is 1. The van der Waals surface area contributed by atoms with Crippen LogP contribution in [0.15, 0.2) is 58.3 Å². The van der Waals surface area contributed by atoms with E-state index in [1.807, 2.05) is 31.2 Å². The Morgan fingerprint density at radius 3 is 2.50 bits per heavy atom. The summed E-state index contributed by atoms with van der Waals surface area (Å²) in [6.07, 6.45) is 1.35. The minimum absolute atomic E-state index is 0.116. The number of H-pyrrole nitrogens is 1. The molecule has 0 fully saturated rings. The summed E-state index contributed by atoms with van der Waals surface area (Å²) in [5.41, 5.74) is 2.27.